The van der Waals surface area contributed by atoms with Gasteiger partial charge in [0.05, 0.1) is 28.5 Å². The maximum Gasteiger partial charge on any atom is 0.339 e. The van der Waals surface area contributed by atoms with E-state index in [-0.39, 0.29) is 18.2 Å². The molecule has 9 heteroatoms. The Morgan fingerprint density at radius 1 is 1.12 bits per heavy atom. The van der Waals surface area contributed by atoms with Gasteiger partial charge in [0, 0.05) is 36.4 Å². The molecule has 33 heavy (non-hydrogen) atoms. The van der Waals surface area contributed by atoms with E-state index >= 15 is 0 Å². The third kappa shape index (κ3) is 4.38. The highest BCUT2D eigenvalue weighted by Crippen LogP contribution is 2.31. The predicted molar refractivity (Wildman–Crippen MR) is 122 cm³/mol. The molecule has 1 amide bonds. The second-order valence-electron chi connectivity index (χ2n) is 7.53. The van der Waals surface area contributed by atoms with Crippen LogP contribution >= 0.6 is 0 Å². The number of esters is 1. The number of nitro groups is 1. The van der Waals surface area contributed by atoms with Crippen molar-refractivity contribution in [2.75, 3.05) is 6.61 Å². The van der Waals surface area contributed by atoms with Crippen molar-refractivity contribution in [2.45, 2.75) is 26.7 Å². The van der Waals surface area contributed by atoms with E-state index in [4.69, 9.17) is 4.74 Å². The van der Waals surface area contributed by atoms with Crippen molar-refractivity contribution in [1.29, 1.82) is 0 Å². The molecule has 0 aliphatic carbocycles. The molecule has 0 bridgehead atoms. The molecule has 0 saturated heterocycles. The summed E-state index contributed by atoms with van der Waals surface area (Å²) in [4.78, 5) is 34.5. The summed E-state index contributed by atoms with van der Waals surface area (Å²) in [5, 5.41) is 15.2. The summed E-state index contributed by atoms with van der Waals surface area (Å²) in [6.07, 6.45) is 0.958. The number of rotatable bonds is 6. The zero-order chi connectivity index (χ0) is 23.5. The summed E-state index contributed by atoms with van der Waals surface area (Å²) in [7, 11) is 0. The summed E-state index contributed by atoms with van der Waals surface area (Å²) in [6, 6.07) is 15.6. The van der Waals surface area contributed by atoms with E-state index in [9.17, 15) is 19.7 Å². The highest BCUT2D eigenvalue weighted by molar-refractivity contribution is 6.04. The quantitative estimate of drug-likeness (QED) is 0.347. The zero-order valence-electron chi connectivity index (χ0n) is 18.2. The van der Waals surface area contributed by atoms with Crippen molar-refractivity contribution in [2.24, 2.45) is 5.10 Å². The smallest absolute Gasteiger partial charge is 0.339 e. The molecule has 0 saturated carbocycles. The topological polar surface area (TPSA) is 116 Å². The van der Waals surface area contributed by atoms with E-state index in [1.165, 1.54) is 12.1 Å². The molecule has 1 N–H and O–H groups in total. The lowest BCUT2D eigenvalue weighted by Crippen LogP contribution is -2.25. The number of amides is 1. The Balaban J connectivity index is 1.78. The molecule has 0 atom stereocenters. The number of hydrogen-bond donors (Lipinski definition) is 1. The number of ether oxygens (including phenoxy) is 1. The van der Waals surface area contributed by atoms with E-state index in [0.29, 0.717) is 29.8 Å². The first-order chi connectivity index (χ1) is 15.9. The van der Waals surface area contributed by atoms with Crippen LogP contribution in [-0.2, 0) is 9.53 Å². The van der Waals surface area contributed by atoms with Gasteiger partial charge in [-0.3, -0.25) is 14.9 Å². The van der Waals surface area contributed by atoms with Gasteiger partial charge >= 0.3 is 5.97 Å². The number of aromatic nitrogens is 1. The lowest BCUT2D eigenvalue weighted by molar-refractivity contribution is -0.384. The monoisotopic (exact) mass is 446 g/mol. The van der Waals surface area contributed by atoms with E-state index in [1.807, 2.05) is 35.8 Å². The number of hydrogen-bond acceptors (Lipinski definition) is 6. The van der Waals surface area contributed by atoms with Gasteiger partial charge in [0.2, 0.25) is 5.91 Å². The summed E-state index contributed by atoms with van der Waals surface area (Å²) in [5.41, 5.74) is 7.54. The Labute approximate surface area is 189 Å². The van der Waals surface area contributed by atoms with Gasteiger partial charge in [-0.25, -0.2) is 10.2 Å². The largest absolute Gasteiger partial charge is 0.462 e. The molecule has 0 unspecified atom stereocenters. The molecule has 4 rings (SSSR count). The zero-order valence-corrected chi connectivity index (χ0v) is 18.2. The molecule has 2 heterocycles. The average Bonchev–Trinajstić information content (AvgIpc) is 3.17. The van der Waals surface area contributed by atoms with Crippen LogP contribution in [0, 0.1) is 17.0 Å². The molecule has 1 aliphatic heterocycles. The number of benzene rings is 2. The number of non-ortho nitro benzene ring substituents is 1. The Bertz CT molecular complexity index is 1260. The van der Waals surface area contributed by atoms with Crippen molar-refractivity contribution >= 4 is 23.3 Å². The molecule has 0 radical (unpaired) electrons. The number of carbonyl (C=O) groups excluding carboxylic acids is 2. The molecular weight excluding hydrogens is 424 g/mol. The van der Waals surface area contributed by atoms with E-state index in [2.05, 4.69) is 10.5 Å². The van der Waals surface area contributed by atoms with Crippen molar-refractivity contribution in [3.63, 3.8) is 0 Å². The normalized spacial score (nSPS) is 13.3. The Morgan fingerprint density at radius 2 is 1.79 bits per heavy atom. The third-order valence-electron chi connectivity index (χ3n) is 5.48. The first kappa shape index (κ1) is 21.9. The van der Waals surface area contributed by atoms with Crippen molar-refractivity contribution < 1.29 is 19.2 Å². The third-order valence-corrected chi connectivity index (χ3v) is 5.48. The Kier molecular flexibility index (Phi) is 6.03. The molecule has 168 valence electrons. The molecular formula is C24H22N4O5. The molecule has 1 aromatic heterocycles. The fraction of sp³-hybridized carbons (Fsp3) is 0.208. The standard InChI is InChI=1S/C24H22N4O5/c1-3-33-24(30)20-14-22(17-6-10-19(11-7-17)28(31)32)27(15(20)2)18-8-4-16(5-9-18)21-12-13-23(29)26-25-21/h4-11,14H,3,12-13H2,1-2H3,(H,26,29). The van der Waals surface area contributed by atoms with Crippen LogP contribution < -0.4 is 5.43 Å². The van der Waals surface area contributed by atoms with Crippen LogP contribution in [0.3, 0.4) is 0 Å². The molecule has 0 spiro atoms. The summed E-state index contributed by atoms with van der Waals surface area (Å²) in [6.45, 7) is 3.83. The first-order valence-electron chi connectivity index (χ1n) is 10.5. The number of hydrazone groups is 1. The SMILES string of the molecule is CCOC(=O)c1cc(-c2ccc([N+](=O)[O-])cc2)n(-c2ccc(C3=NNC(=O)CC3)cc2)c1C. The fourth-order valence-corrected chi connectivity index (χ4v) is 3.81. The highest BCUT2D eigenvalue weighted by Gasteiger charge is 2.21. The van der Waals surface area contributed by atoms with Crippen molar-refractivity contribution in [3.05, 3.63) is 81.5 Å². The van der Waals surface area contributed by atoms with Crippen LogP contribution in [0.25, 0.3) is 16.9 Å². The number of nitrogens with one attached hydrogen (secondary N) is 1. The summed E-state index contributed by atoms with van der Waals surface area (Å²) in [5.74, 6) is -0.529. The van der Waals surface area contributed by atoms with Gasteiger partial charge in [-0.1, -0.05) is 12.1 Å². The molecule has 1 aliphatic rings. The van der Waals surface area contributed by atoms with Crippen LogP contribution in [0.1, 0.15) is 41.4 Å². The minimum absolute atomic E-state index is 0.0103. The van der Waals surface area contributed by atoms with Crippen molar-refractivity contribution in [3.8, 4) is 16.9 Å². The Hall–Kier alpha value is -4.27. The van der Waals surface area contributed by atoms with Gasteiger partial charge in [-0.2, -0.15) is 5.10 Å². The minimum atomic E-state index is -0.451. The Morgan fingerprint density at radius 3 is 2.36 bits per heavy atom. The van der Waals surface area contributed by atoms with Crippen LogP contribution in [-0.4, -0.2) is 33.7 Å². The van der Waals surface area contributed by atoms with Gasteiger partial charge in [0.15, 0.2) is 0 Å². The van der Waals surface area contributed by atoms with Crippen LogP contribution in [0.4, 0.5) is 5.69 Å². The minimum Gasteiger partial charge on any atom is -0.462 e. The molecule has 0 fully saturated rings. The fourth-order valence-electron chi connectivity index (χ4n) is 3.81. The van der Waals surface area contributed by atoms with Crippen LogP contribution in [0.15, 0.2) is 59.7 Å². The highest BCUT2D eigenvalue weighted by atomic mass is 16.6. The average molecular weight is 446 g/mol. The lowest BCUT2D eigenvalue weighted by Gasteiger charge is -2.15. The first-order valence-corrected chi connectivity index (χ1v) is 10.5. The van der Waals surface area contributed by atoms with E-state index in [1.54, 1.807) is 25.1 Å². The number of carbonyl (C=O) groups is 2. The molecule has 2 aromatic carbocycles. The van der Waals surface area contributed by atoms with Crippen molar-refractivity contribution in [1.82, 2.24) is 9.99 Å². The second kappa shape index (κ2) is 9.07. The molecule has 3 aromatic rings. The maximum atomic E-state index is 12.5. The van der Waals surface area contributed by atoms with Crippen LogP contribution in [0.5, 0.6) is 0 Å². The lowest BCUT2D eigenvalue weighted by atomic mass is 10.0. The second-order valence-corrected chi connectivity index (χ2v) is 7.53. The van der Waals surface area contributed by atoms with Gasteiger partial charge < -0.3 is 9.30 Å². The van der Waals surface area contributed by atoms with Gasteiger partial charge in [-0.15, -0.1) is 0 Å². The molecule has 9 nitrogen and oxygen atoms in total. The van der Waals surface area contributed by atoms with Crippen LogP contribution in [0.2, 0.25) is 0 Å². The maximum absolute atomic E-state index is 12.5. The predicted octanol–water partition coefficient (Wildman–Crippen LogP) is 4.15. The number of nitro benzene ring substituents is 1. The van der Waals surface area contributed by atoms with E-state index in [0.717, 1.165) is 22.5 Å². The number of nitrogens with zero attached hydrogens (tertiary/aromatic N) is 3. The van der Waals surface area contributed by atoms with Gasteiger partial charge in [0.1, 0.15) is 0 Å². The summed E-state index contributed by atoms with van der Waals surface area (Å²) < 4.78 is 7.13. The van der Waals surface area contributed by atoms with Gasteiger partial charge in [0.25, 0.3) is 5.69 Å². The summed E-state index contributed by atoms with van der Waals surface area (Å²) >= 11 is 0. The van der Waals surface area contributed by atoms with Gasteiger partial charge in [-0.05, 0) is 55.3 Å². The van der Waals surface area contributed by atoms with E-state index < -0.39 is 10.9 Å².